The van der Waals surface area contributed by atoms with Gasteiger partial charge in [0, 0.05) is 25.8 Å². The molecule has 0 saturated heterocycles. The fourth-order valence-electron chi connectivity index (χ4n) is 3.70. The van der Waals surface area contributed by atoms with Crippen molar-refractivity contribution in [3.8, 4) is 0 Å². The van der Waals surface area contributed by atoms with Crippen molar-refractivity contribution in [1.82, 2.24) is 23.5 Å². The molecular formula is C21H23ClN6O3S. The zero-order chi connectivity index (χ0) is 23.0. The van der Waals surface area contributed by atoms with Crippen LogP contribution in [0.1, 0.15) is 19.7 Å². The number of para-hydroxylation sites is 1. The van der Waals surface area contributed by atoms with Crippen molar-refractivity contribution < 1.29 is 8.42 Å². The summed E-state index contributed by atoms with van der Waals surface area (Å²) in [6.45, 7) is 4.53. The molecule has 1 N–H and O–H groups in total. The summed E-state index contributed by atoms with van der Waals surface area (Å²) in [6.07, 6.45) is 0. The molecule has 0 aliphatic rings. The van der Waals surface area contributed by atoms with Gasteiger partial charge < -0.3 is 5.32 Å². The van der Waals surface area contributed by atoms with Crippen LogP contribution in [-0.2, 0) is 23.6 Å². The smallest absolute Gasteiger partial charge is 0.262 e. The third-order valence-electron chi connectivity index (χ3n) is 5.40. The van der Waals surface area contributed by atoms with E-state index in [1.165, 1.54) is 14.9 Å². The molecule has 0 atom stereocenters. The highest BCUT2D eigenvalue weighted by atomic mass is 35.5. The van der Waals surface area contributed by atoms with E-state index in [0.29, 0.717) is 41.3 Å². The Labute approximate surface area is 190 Å². The Balaban J connectivity index is 1.72. The molecule has 4 aromatic rings. The van der Waals surface area contributed by atoms with Crippen molar-refractivity contribution in [2.75, 3.05) is 18.4 Å². The van der Waals surface area contributed by atoms with Crippen LogP contribution in [0.25, 0.3) is 16.7 Å². The van der Waals surface area contributed by atoms with Crippen LogP contribution in [0.2, 0.25) is 5.02 Å². The molecule has 32 heavy (non-hydrogen) atoms. The summed E-state index contributed by atoms with van der Waals surface area (Å²) in [7, 11) is -2.06. The van der Waals surface area contributed by atoms with Gasteiger partial charge in [0.05, 0.1) is 22.5 Å². The van der Waals surface area contributed by atoms with Gasteiger partial charge in [-0.3, -0.25) is 13.8 Å². The van der Waals surface area contributed by atoms with Crippen LogP contribution in [0, 0.1) is 0 Å². The summed E-state index contributed by atoms with van der Waals surface area (Å²) >= 11 is 6.22. The van der Waals surface area contributed by atoms with Crippen LogP contribution in [-0.4, -0.2) is 45.0 Å². The predicted molar refractivity (Wildman–Crippen MR) is 125 cm³/mol. The van der Waals surface area contributed by atoms with Crippen molar-refractivity contribution in [3.05, 3.63) is 63.7 Å². The molecule has 0 amide bonds. The SMILES string of the molecule is CCN(CC)S(=O)(=O)c1cc(NCc2nnc3n(C)c(=O)c4ccccc4n23)ccc1Cl. The molecule has 0 saturated carbocycles. The minimum atomic E-state index is -3.71. The zero-order valence-corrected chi connectivity index (χ0v) is 19.5. The number of hydrogen-bond acceptors (Lipinski definition) is 6. The van der Waals surface area contributed by atoms with Crippen molar-refractivity contribution in [2.45, 2.75) is 25.3 Å². The fraction of sp³-hybridized carbons (Fsp3) is 0.286. The van der Waals surface area contributed by atoms with E-state index in [-0.39, 0.29) is 22.0 Å². The second-order valence-corrected chi connectivity index (χ2v) is 9.53. The molecule has 2 heterocycles. The Morgan fingerprint density at radius 3 is 2.53 bits per heavy atom. The molecule has 0 radical (unpaired) electrons. The van der Waals surface area contributed by atoms with E-state index < -0.39 is 10.0 Å². The van der Waals surface area contributed by atoms with E-state index in [1.54, 1.807) is 39.1 Å². The van der Waals surface area contributed by atoms with E-state index in [9.17, 15) is 13.2 Å². The van der Waals surface area contributed by atoms with Gasteiger partial charge >= 0.3 is 0 Å². The molecule has 0 bridgehead atoms. The van der Waals surface area contributed by atoms with Gasteiger partial charge in [0.25, 0.3) is 5.56 Å². The zero-order valence-electron chi connectivity index (χ0n) is 17.9. The molecule has 4 rings (SSSR count). The van der Waals surface area contributed by atoms with Crippen LogP contribution in [0.5, 0.6) is 0 Å². The third kappa shape index (κ3) is 3.64. The van der Waals surface area contributed by atoms with Crippen LogP contribution < -0.4 is 10.9 Å². The number of halogens is 1. The molecular weight excluding hydrogens is 452 g/mol. The molecule has 168 valence electrons. The van der Waals surface area contributed by atoms with Gasteiger partial charge in [-0.1, -0.05) is 37.6 Å². The summed E-state index contributed by atoms with van der Waals surface area (Å²) in [5.74, 6) is 1.00. The minimum Gasteiger partial charge on any atom is -0.378 e. The normalized spacial score (nSPS) is 12.2. The van der Waals surface area contributed by atoms with Gasteiger partial charge in [-0.05, 0) is 30.3 Å². The van der Waals surface area contributed by atoms with E-state index >= 15 is 0 Å². The van der Waals surface area contributed by atoms with Crippen molar-refractivity contribution in [3.63, 3.8) is 0 Å². The van der Waals surface area contributed by atoms with Gasteiger partial charge in [-0.25, -0.2) is 8.42 Å². The lowest BCUT2D eigenvalue weighted by Crippen LogP contribution is -2.30. The molecule has 0 unspecified atom stereocenters. The molecule has 2 aromatic heterocycles. The summed E-state index contributed by atoms with van der Waals surface area (Å²) in [5, 5.41) is 12.3. The summed E-state index contributed by atoms with van der Waals surface area (Å²) in [6, 6.07) is 12.0. The molecule has 0 aliphatic carbocycles. The average Bonchev–Trinajstić information content (AvgIpc) is 3.21. The minimum absolute atomic E-state index is 0.0480. The quantitative estimate of drug-likeness (QED) is 0.442. The lowest BCUT2D eigenvalue weighted by molar-refractivity contribution is 0.445. The van der Waals surface area contributed by atoms with E-state index in [2.05, 4.69) is 15.5 Å². The predicted octanol–water partition coefficient (Wildman–Crippen LogP) is 2.88. The Morgan fingerprint density at radius 1 is 1.09 bits per heavy atom. The standard InChI is InChI=1S/C21H23ClN6O3S/c1-4-27(5-2)32(30,31)18-12-14(10-11-16(18)22)23-13-19-24-25-21-26(3)20(29)15-8-6-7-9-17(15)28(19)21/h6-12,23H,4-5,13H2,1-3H3. The molecule has 11 heteroatoms. The first kappa shape index (κ1) is 22.3. The number of aromatic nitrogens is 4. The number of aryl methyl sites for hydroxylation is 1. The Morgan fingerprint density at radius 2 is 1.81 bits per heavy atom. The van der Waals surface area contributed by atoms with Gasteiger partial charge in [0.2, 0.25) is 15.8 Å². The second kappa shape index (κ2) is 8.53. The maximum atomic E-state index is 12.9. The number of rotatable bonds is 7. The van der Waals surface area contributed by atoms with Gasteiger partial charge in [0.1, 0.15) is 4.90 Å². The summed E-state index contributed by atoms with van der Waals surface area (Å²) in [5.41, 5.74) is 1.13. The van der Waals surface area contributed by atoms with E-state index in [0.717, 1.165) is 0 Å². The number of benzene rings is 2. The highest BCUT2D eigenvalue weighted by Gasteiger charge is 2.25. The van der Waals surface area contributed by atoms with Crippen molar-refractivity contribution >= 4 is 44.0 Å². The number of sulfonamides is 1. The number of anilines is 1. The number of hydrogen-bond donors (Lipinski definition) is 1. The second-order valence-electron chi connectivity index (χ2n) is 7.22. The average molecular weight is 475 g/mol. The first-order valence-electron chi connectivity index (χ1n) is 10.1. The van der Waals surface area contributed by atoms with Crippen molar-refractivity contribution in [1.29, 1.82) is 0 Å². The highest BCUT2D eigenvalue weighted by Crippen LogP contribution is 2.28. The third-order valence-corrected chi connectivity index (χ3v) is 7.93. The van der Waals surface area contributed by atoms with E-state index in [1.807, 2.05) is 22.6 Å². The lowest BCUT2D eigenvalue weighted by Gasteiger charge is -2.20. The van der Waals surface area contributed by atoms with Gasteiger partial charge in [0.15, 0.2) is 5.82 Å². The fourth-order valence-corrected chi connectivity index (χ4v) is 5.66. The van der Waals surface area contributed by atoms with Crippen LogP contribution in [0.3, 0.4) is 0 Å². The van der Waals surface area contributed by atoms with Crippen LogP contribution in [0.15, 0.2) is 52.2 Å². The molecule has 0 spiro atoms. The summed E-state index contributed by atoms with van der Waals surface area (Å²) in [4.78, 5) is 12.6. The molecule has 9 nitrogen and oxygen atoms in total. The molecule has 2 aromatic carbocycles. The topological polar surface area (TPSA) is 102 Å². The summed E-state index contributed by atoms with van der Waals surface area (Å²) < 4.78 is 30.5. The van der Waals surface area contributed by atoms with Gasteiger partial charge in [-0.2, -0.15) is 4.31 Å². The molecule has 0 fully saturated rings. The highest BCUT2D eigenvalue weighted by molar-refractivity contribution is 7.89. The van der Waals surface area contributed by atoms with E-state index in [4.69, 9.17) is 11.6 Å². The largest absolute Gasteiger partial charge is 0.378 e. The Kier molecular flexibility index (Phi) is 5.93. The van der Waals surface area contributed by atoms with Crippen molar-refractivity contribution in [2.24, 2.45) is 7.05 Å². The number of fused-ring (bicyclic) bond motifs is 3. The monoisotopic (exact) mass is 474 g/mol. The number of nitrogens with zero attached hydrogens (tertiary/aromatic N) is 5. The van der Waals surface area contributed by atoms with Gasteiger partial charge in [-0.15, -0.1) is 10.2 Å². The Bertz CT molecular complexity index is 1470. The maximum absolute atomic E-state index is 12.9. The van der Waals surface area contributed by atoms with Crippen LogP contribution in [0.4, 0.5) is 5.69 Å². The lowest BCUT2D eigenvalue weighted by atomic mass is 10.2. The first-order valence-corrected chi connectivity index (χ1v) is 12.0. The van der Waals surface area contributed by atoms with Crippen LogP contribution >= 0.6 is 11.6 Å². The number of nitrogens with one attached hydrogen (secondary N) is 1. The first-order chi connectivity index (χ1) is 15.3. The maximum Gasteiger partial charge on any atom is 0.262 e. The molecule has 0 aliphatic heterocycles. The Hall–Kier alpha value is -2.95.